The molecule has 3 rings (SSSR count). The van der Waals surface area contributed by atoms with Crippen LogP contribution in [0.5, 0.6) is 0 Å². The third-order valence-electron chi connectivity index (χ3n) is 3.95. The number of ether oxygens (including phenoxy) is 1. The van der Waals surface area contributed by atoms with Crippen LogP contribution >= 0.6 is 35.0 Å². The third-order valence-corrected chi connectivity index (χ3v) is 5.96. The first-order chi connectivity index (χ1) is 11.6. The first-order valence-electron chi connectivity index (χ1n) is 7.57. The average molecular weight is 382 g/mol. The van der Waals surface area contributed by atoms with Gasteiger partial charge in [0.1, 0.15) is 0 Å². The van der Waals surface area contributed by atoms with Gasteiger partial charge in [0.15, 0.2) is 0 Å². The number of nitrogens with one attached hydrogen (secondary N) is 1. The van der Waals surface area contributed by atoms with Crippen LogP contribution in [0.15, 0.2) is 42.5 Å². The maximum absolute atomic E-state index is 11.7. The molecule has 0 fully saturated rings. The molecular formula is C18H17Cl2NO2S. The predicted octanol–water partition coefficient (Wildman–Crippen LogP) is 5.17. The lowest BCUT2D eigenvalue weighted by Gasteiger charge is -2.18. The van der Waals surface area contributed by atoms with Crippen LogP contribution in [0, 0.1) is 0 Å². The molecule has 2 aromatic rings. The lowest BCUT2D eigenvalue weighted by Crippen LogP contribution is -2.25. The number of thioether (sulfide) groups is 1. The van der Waals surface area contributed by atoms with Crippen LogP contribution in [-0.4, -0.2) is 24.9 Å². The molecule has 3 nitrogen and oxygen atoms in total. The number of carbonyl (C=O) groups excluding carboxylic acids is 1. The summed E-state index contributed by atoms with van der Waals surface area (Å²) in [7, 11) is 1.41. The Hall–Kier alpha value is -1.36. The number of methoxy groups -OCH3 is 1. The van der Waals surface area contributed by atoms with Crippen molar-refractivity contribution in [1.82, 2.24) is 0 Å². The molecule has 0 spiro atoms. The van der Waals surface area contributed by atoms with Crippen molar-refractivity contribution in [3.05, 3.63) is 63.6 Å². The van der Waals surface area contributed by atoms with E-state index >= 15 is 0 Å². The number of hydrogen-bond acceptors (Lipinski definition) is 4. The fourth-order valence-corrected chi connectivity index (χ4v) is 4.66. The van der Waals surface area contributed by atoms with E-state index in [2.05, 4.69) is 5.32 Å². The van der Waals surface area contributed by atoms with E-state index in [0.717, 1.165) is 27.6 Å². The van der Waals surface area contributed by atoms with Crippen LogP contribution in [0.3, 0.4) is 0 Å². The molecule has 2 unspecified atom stereocenters. The second-order valence-corrected chi connectivity index (χ2v) is 7.57. The molecule has 0 amide bonds. The van der Waals surface area contributed by atoms with Gasteiger partial charge in [0, 0.05) is 27.5 Å². The summed E-state index contributed by atoms with van der Waals surface area (Å²) in [4.78, 5) is 11.7. The van der Waals surface area contributed by atoms with Crippen LogP contribution in [0.4, 0.5) is 5.69 Å². The quantitative estimate of drug-likeness (QED) is 0.743. The smallest absolute Gasteiger partial charge is 0.307 e. The maximum atomic E-state index is 11.7. The van der Waals surface area contributed by atoms with E-state index in [-0.39, 0.29) is 17.3 Å². The van der Waals surface area contributed by atoms with Crippen molar-refractivity contribution in [3.8, 4) is 0 Å². The minimum Gasteiger partial charge on any atom is -0.469 e. The molecule has 6 heteroatoms. The Labute approximate surface area is 155 Å². The van der Waals surface area contributed by atoms with Crippen molar-refractivity contribution in [3.63, 3.8) is 0 Å². The summed E-state index contributed by atoms with van der Waals surface area (Å²) in [5.74, 6) is 0.539. The summed E-state index contributed by atoms with van der Waals surface area (Å²) in [6, 6.07) is 13.6. The van der Waals surface area contributed by atoms with E-state index in [1.807, 2.05) is 42.5 Å². The minimum atomic E-state index is -0.222. The Morgan fingerprint density at radius 3 is 2.79 bits per heavy atom. The Balaban J connectivity index is 1.99. The van der Waals surface area contributed by atoms with Gasteiger partial charge in [0.05, 0.1) is 18.8 Å². The zero-order chi connectivity index (χ0) is 17.1. The van der Waals surface area contributed by atoms with Crippen molar-refractivity contribution in [1.29, 1.82) is 0 Å². The zero-order valence-electron chi connectivity index (χ0n) is 13.1. The molecule has 0 aromatic heterocycles. The summed E-state index contributed by atoms with van der Waals surface area (Å²) in [5, 5.41) is 4.91. The number of hydrogen-bond donors (Lipinski definition) is 1. The molecule has 1 N–H and O–H groups in total. The van der Waals surface area contributed by atoms with E-state index in [1.54, 1.807) is 11.8 Å². The van der Waals surface area contributed by atoms with Crippen LogP contribution in [0.25, 0.3) is 0 Å². The van der Waals surface area contributed by atoms with E-state index in [0.29, 0.717) is 11.4 Å². The lowest BCUT2D eigenvalue weighted by molar-refractivity contribution is -0.140. The summed E-state index contributed by atoms with van der Waals surface area (Å²) >= 11 is 14.4. The summed E-state index contributed by atoms with van der Waals surface area (Å²) < 4.78 is 4.80. The fourth-order valence-electron chi connectivity index (χ4n) is 2.79. The fraction of sp³-hybridized carbons (Fsp3) is 0.278. The average Bonchev–Trinajstić information content (AvgIpc) is 2.74. The van der Waals surface area contributed by atoms with E-state index in [4.69, 9.17) is 27.9 Å². The van der Waals surface area contributed by atoms with Gasteiger partial charge in [0.25, 0.3) is 0 Å². The van der Waals surface area contributed by atoms with Gasteiger partial charge in [-0.15, -0.1) is 11.8 Å². The highest BCUT2D eigenvalue weighted by atomic mass is 35.5. The predicted molar refractivity (Wildman–Crippen MR) is 101 cm³/mol. The monoisotopic (exact) mass is 381 g/mol. The SMILES string of the molecule is COC(=O)CC1CSC(c2ccccc2Cl)c2cc(Cl)ccc2N1. The minimum absolute atomic E-state index is 0.00476. The number of benzene rings is 2. The van der Waals surface area contributed by atoms with Gasteiger partial charge in [-0.3, -0.25) is 4.79 Å². The standard InChI is InChI=1S/C18H17Cl2NO2S/c1-23-17(22)9-12-10-24-18(13-4-2-3-5-15(13)20)14-8-11(19)6-7-16(14)21-12/h2-8,12,18,21H,9-10H2,1H3. The number of rotatable bonds is 3. The van der Waals surface area contributed by atoms with Crippen LogP contribution in [-0.2, 0) is 9.53 Å². The second-order valence-electron chi connectivity index (χ2n) is 5.59. The third kappa shape index (κ3) is 3.82. The molecule has 1 aliphatic rings. The van der Waals surface area contributed by atoms with E-state index < -0.39 is 0 Å². The molecule has 0 aliphatic carbocycles. The number of anilines is 1. The van der Waals surface area contributed by atoms with Gasteiger partial charge in [-0.2, -0.15) is 0 Å². The van der Waals surface area contributed by atoms with E-state index in [9.17, 15) is 4.79 Å². The zero-order valence-corrected chi connectivity index (χ0v) is 15.4. The highest BCUT2D eigenvalue weighted by Crippen LogP contribution is 2.45. The Bertz CT molecular complexity index is 754. The molecule has 0 radical (unpaired) electrons. The molecule has 2 aromatic carbocycles. The molecule has 2 atom stereocenters. The first-order valence-corrected chi connectivity index (χ1v) is 9.37. The first kappa shape index (κ1) is 17.5. The Morgan fingerprint density at radius 1 is 1.25 bits per heavy atom. The molecular weight excluding hydrogens is 365 g/mol. The van der Waals surface area contributed by atoms with Crippen molar-refractivity contribution < 1.29 is 9.53 Å². The molecule has 1 heterocycles. The Morgan fingerprint density at radius 2 is 2.04 bits per heavy atom. The lowest BCUT2D eigenvalue weighted by atomic mass is 10.0. The topological polar surface area (TPSA) is 38.3 Å². The highest BCUT2D eigenvalue weighted by Gasteiger charge is 2.27. The molecule has 126 valence electrons. The summed E-state index contributed by atoms with van der Waals surface area (Å²) in [6.07, 6.45) is 0.320. The van der Waals surface area contributed by atoms with Crippen molar-refractivity contribution >= 4 is 46.6 Å². The van der Waals surface area contributed by atoms with Gasteiger partial charge >= 0.3 is 5.97 Å². The molecule has 1 aliphatic heterocycles. The van der Waals surface area contributed by atoms with Gasteiger partial charge in [-0.05, 0) is 35.4 Å². The molecule has 0 saturated carbocycles. The maximum Gasteiger partial charge on any atom is 0.307 e. The van der Waals surface area contributed by atoms with Gasteiger partial charge in [0.2, 0.25) is 0 Å². The highest BCUT2D eigenvalue weighted by molar-refractivity contribution is 7.99. The molecule has 0 bridgehead atoms. The molecule has 0 saturated heterocycles. The normalized spacial score (nSPS) is 19.8. The van der Waals surface area contributed by atoms with Crippen LogP contribution in [0.2, 0.25) is 10.0 Å². The molecule has 24 heavy (non-hydrogen) atoms. The Kier molecular flexibility index (Phi) is 5.59. The second kappa shape index (κ2) is 7.68. The number of halogens is 2. The summed E-state index contributed by atoms with van der Waals surface area (Å²) in [5.41, 5.74) is 3.10. The number of carbonyl (C=O) groups is 1. The van der Waals surface area contributed by atoms with Crippen molar-refractivity contribution in [2.24, 2.45) is 0 Å². The number of fused-ring (bicyclic) bond motifs is 1. The van der Waals surface area contributed by atoms with Crippen molar-refractivity contribution in [2.45, 2.75) is 17.7 Å². The van der Waals surface area contributed by atoms with Gasteiger partial charge in [-0.1, -0.05) is 41.4 Å². The number of esters is 1. The van der Waals surface area contributed by atoms with Crippen molar-refractivity contribution in [2.75, 3.05) is 18.2 Å². The van der Waals surface area contributed by atoms with Gasteiger partial charge < -0.3 is 10.1 Å². The van der Waals surface area contributed by atoms with Crippen LogP contribution in [0.1, 0.15) is 22.8 Å². The largest absolute Gasteiger partial charge is 0.469 e. The van der Waals surface area contributed by atoms with E-state index in [1.165, 1.54) is 7.11 Å². The summed E-state index contributed by atoms with van der Waals surface area (Å²) in [6.45, 7) is 0. The van der Waals surface area contributed by atoms with Crippen LogP contribution < -0.4 is 5.32 Å². The van der Waals surface area contributed by atoms with Gasteiger partial charge in [-0.25, -0.2) is 0 Å².